The number of hydrogen-bond donors (Lipinski definition) is 1. The molecule has 1 heterocycles. The Morgan fingerprint density at radius 1 is 1.15 bits per heavy atom. The molecule has 0 aliphatic carbocycles. The van der Waals surface area contributed by atoms with Gasteiger partial charge in [-0.1, -0.05) is 36.2 Å². The van der Waals surface area contributed by atoms with Gasteiger partial charge in [0.15, 0.2) is 0 Å². The van der Waals surface area contributed by atoms with Gasteiger partial charge in [0.05, 0.1) is 0 Å². The zero-order valence-electron chi connectivity index (χ0n) is 12.4. The van der Waals surface area contributed by atoms with Crippen molar-refractivity contribution in [2.75, 3.05) is 6.54 Å². The highest BCUT2D eigenvalue weighted by Crippen LogP contribution is 2.25. The van der Waals surface area contributed by atoms with Crippen LogP contribution in [0, 0.1) is 13.8 Å². The lowest BCUT2D eigenvalue weighted by atomic mass is 9.99. The molecular weight excluding hydrogens is 330 g/mol. The van der Waals surface area contributed by atoms with Crippen molar-refractivity contribution in [3.63, 3.8) is 0 Å². The van der Waals surface area contributed by atoms with E-state index in [0.29, 0.717) is 6.04 Å². The molecule has 1 N–H and O–H groups in total. The summed E-state index contributed by atoms with van der Waals surface area (Å²) in [6, 6.07) is 9.49. The van der Waals surface area contributed by atoms with Crippen LogP contribution in [-0.2, 0) is 12.8 Å². The first-order valence-electron chi connectivity index (χ1n) is 7.11. The highest BCUT2D eigenvalue weighted by atomic mass is 79.9. The molecule has 1 aromatic heterocycles. The van der Waals surface area contributed by atoms with Crippen LogP contribution < -0.4 is 5.32 Å². The smallest absolute Gasteiger partial charge is 0.0314 e. The average molecular weight is 352 g/mol. The summed E-state index contributed by atoms with van der Waals surface area (Å²) in [5.74, 6) is 0. The molecule has 0 aliphatic heterocycles. The molecule has 1 nitrogen and oxygen atoms in total. The molecule has 3 heteroatoms. The van der Waals surface area contributed by atoms with Crippen molar-refractivity contribution in [1.82, 2.24) is 5.32 Å². The van der Waals surface area contributed by atoms with E-state index in [-0.39, 0.29) is 0 Å². The maximum atomic E-state index is 3.64. The van der Waals surface area contributed by atoms with Gasteiger partial charge in [-0.25, -0.2) is 0 Å². The van der Waals surface area contributed by atoms with Crippen molar-refractivity contribution in [2.24, 2.45) is 0 Å². The van der Waals surface area contributed by atoms with E-state index in [2.05, 4.69) is 71.7 Å². The minimum absolute atomic E-state index is 0.496. The minimum atomic E-state index is 0.496. The molecule has 0 spiro atoms. The SMILES string of the molecule is CCNC(Cc1cc(C)cc(C)c1)Cc1sccc1Br. The lowest BCUT2D eigenvalue weighted by Crippen LogP contribution is -2.32. The Kier molecular flexibility index (Phi) is 5.82. The van der Waals surface area contributed by atoms with E-state index in [9.17, 15) is 0 Å². The van der Waals surface area contributed by atoms with Gasteiger partial charge in [-0.05, 0) is 66.2 Å². The predicted octanol–water partition coefficient (Wildman–Crippen LogP) is 4.89. The van der Waals surface area contributed by atoms with Crippen LogP contribution in [0.2, 0.25) is 0 Å². The Hall–Kier alpha value is -0.640. The summed E-state index contributed by atoms with van der Waals surface area (Å²) in [7, 11) is 0. The molecule has 0 amide bonds. The van der Waals surface area contributed by atoms with Crippen LogP contribution >= 0.6 is 27.3 Å². The topological polar surface area (TPSA) is 12.0 Å². The van der Waals surface area contributed by atoms with Crippen molar-refractivity contribution in [1.29, 1.82) is 0 Å². The van der Waals surface area contributed by atoms with Crippen molar-refractivity contribution >= 4 is 27.3 Å². The Morgan fingerprint density at radius 2 is 1.85 bits per heavy atom. The average Bonchev–Trinajstić information content (AvgIpc) is 2.74. The van der Waals surface area contributed by atoms with Gasteiger partial charge in [0, 0.05) is 15.4 Å². The zero-order valence-corrected chi connectivity index (χ0v) is 14.8. The Bertz CT molecular complexity index is 542. The van der Waals surface area contributed by atoms with Gasteiger partial charge in [-0.2, -0.15) is 0 Å². The molecule has 0 saturated heterocycles. The number of rotatable bonds is 6. The summed E-state index contributed by atoms with van der Waals surface area (Å²) in [6.45, 7) is 7.54. The highest BCUT2D eigenvalue weighted by Gasteiger charge is 2.13. The van der Waals surface area contributed by atoms with Crippen LogP contribution in [0.15, 0.2) is 34.1 Å². The first kappa shape index (κ1) is 15.7. The second kappa shape index (κ2) is 7.39. The molecule has 108 valence electrons. The normalized spacial score (nSPS) is 12.6. The molecule has 0 aliphatic rings. The van der Waals surface area contributed by atoms with Crippen LogP contribution in [0.1, 0.15) is 28.5 Å². The lowest BCUT2D eigenvalue weighted by molar-refractivity contribution is 0.524. The van der Waals surface area contributed by atoms with E-state index >= 15 is 0 Å². The highest BCUT2D eigenvalue weighted by molar-refractivity contribution is 9.10. The van der Waals surface area contributed by atoms with E-state index in [0.717, 1.165) is 19.4 Å². The molecular formula is C17H22BrNS. The molecule has 0 fully saturated rings. The van der Waals surface area contributed by atoms with Gasteiger partial charge >= 0.3 is 0 Å². The van der Waals surface area contributed by atoms with Gasteiger partial charge in [0.25, 0.3) is 0 Å². The lowest BCUT2D eigenvalue weighted by Gasteiger charge is -2.18. The fourth-order valence-corrected chi connectivity index (χ4v) is 4.27. The first-order chi connectivity index (χ1) is 9.58. The van der Waals surface area contributed by atoms with Gasteiger partial charge in [-0.3, -0.25) is 0 Å². The van der Waals surface area contributed by atoms with Crippen molar-refractivity contribution in [2.45, 2.75) is 39.7 Å². The summed E-state index contributed by atoms with van der Waals surface area (Å²) in [5, 5.41) is 5.77. The number of hydrogen-bond acceptors (Lipinski definition) is 2. The number of halogens is 1. The van der Waals surface area contributed by atoms with E-state index in [1.165, 1.54) is 26.0 Å². The molecule has 20 heavy (non-hydrogen) atoms. The first-order valence-corrected chi connectivity index (χ1v) is 8.78. The maximum absolute atomic E-state index is 3.64. The van der Waals surface area contributed by atoms with Crippen LogP contribution in [0.4, 0.5) is 0 Å². The molecule has 2 rings (SSSR count). The third kappa shape index (κ3) is 4.44. The maximum Gasteiger partial charge on any atom is 0.0314 e. The molecule has 2 aromatic rings. The predicted molar refractivity (Wildman–Crippen MR) is 92.8 cm³/mol. The Balaban J connectivity index is 2.10. The molecule has 1 aromatic carbocycles. The standard InChI is InChI=1S/C17H22BrNS/c1-4-19-15(11-17-16(18)5-6-20-17)10-14-8-12(2)7-13(3)9-14/h5-9,15,19H,4,10-11H2,1-3H3. The van der Waals surface area contributed by atoms with Crippen LogP contribution in [-0.4, -0.2) is 12.6 Å². The second-order valence-corrected chi connectivity index (χ2v) is 7.21. The zero-order chi connectivity index (χ0) is 14.5. The number of thiophene rings is 1. The molecule has 0 radical (unpaired) electrons. The third-order valence-corrected chi connectivity index (χ3v) is 5.33. The van der Waals surface area contributed by atoms with Gasteiger partial charge in [0.2, 0.25) is 0 Å². The Labute approximate surface area is 134 Å². The van der Waals surface area contributed by atoms with Gasteiger partial charge < -0.3 is 5.32 Å². The number of likely N-dealkylation sites (N-methyl/N-ethyl adjacent to an activating group) is 1. The monoisotopic (exact) mass is 351 g/mol. The molecule has 0 bridgehead atoms. The van der Waals surface area contributed by atoms with Crippen LogP contribution in [0.25, 0.3) is 0 Å². The second-order valence-electron chi connectivity index (χ2n) is 5.35. The van der Waals surface area contributed by atoms with E-state index < -0.39 is 0 Å². The Morgan fingerprint density at radius 3 is 2.40 bits per heavy atom. The fraction of sp³-hybridized carbons (Fsp3) is 0.412. The van der Waals surface area contributed by atoms with Crippen LogP contribution in [0.3, 0.4) is 0 Å². The number of benzene rings is 1. The van der Waals surface area contributed by atoms with E-state index in [4.69, 9.17) is 0 Å². The molecule has 1 unspecified atom stereocenters. The quantitative estimate of drug-likeness (QED) is 0.780. The van der Waals surface area contributed by atoms with Crippen LogP contribution in [0.5, 0.6) is 0 Å². The number of aryl methyl sites for hydroxylation is 2. The largest absolute Gasteiger partial charge is 0.314 e. The summed E-state index contributed by atoms with van der Waals surface area (Å²) in [5.41, 5.74) is 4.14. The summed E-state index contributed by atoms with van der Waals surface area (Å²) < 4.78 is 1.24. The van der Waals surface area contributed by atoms with Crippen molar-refractivity contribution < 1.29 is 0 Å². The summed E-state index contributed by atoms with van der Waals surface area (Å²) in [6.07, 6.45) is 2.17. The summed E-state index contributed by atoms with van der Waals surface area (Å²) in [4.78, 5) is 1.43. The fourth-order valence-electron chi connectivity index (χ4n) is 2.67. The van der Waals surface area contributed by atoms with E-state index in [1.807, 2.05) is 11.3 Å². The van der Waals surface area contributed by atoms with Crippen molar-refractivity contribution in [3.8, 4) is 0 Å². The van der Waals surface area contributed by atoms with Gasteiger partial charge in [0.1, 0.15) is 0 Å². The molecule has 0 saturated carbocycles. The molecule has 1 atom stereocenters. The minimum Gasteiger partial charge on any atom is -0.314 e. The van der Waals surface area contributed by atoms with E-state index in [1.54, 1.807) is 0 Å². The third-order valence-electron chi connectivity index (χ3n) is 3.38. The van der Waals surface area contributed by atoms with Gasteiger partial charge in [-0.15, -0.1) is 11.3 Å². The summed E-state index contributed by atoms with van der Waals surface area (Å²) >= 11 is 5.47. The van der Waals surface area contributed by atoms with Crippen molar-refractivity contribution in [3.05, 3.63) is 55.7 Å². The number of nitrogens with one attached hydrogen (secondary N) is 1.